The Morgan fingerprint density at radius 3 is 3.00 bits per heavy atom. The first kappa shape index (κ1) is 6.77. The zero-order valence-corrected chi connectivity index (χ0v) is 6.58. The van der Waals surface area contributed by atoms with Gasteiger partial charge in [0.1, 0.15) is 6.34 Å². The Kier molecular flexibility index (Phi) is 2.24. The summed E-state index contributed by atoms with van der Waals surface area (Å²) in [5, 5.41) is 0. The Bertz CT molecular complexity index is 146. The lowest BCUT2D eigenvalue weighted by Gasteiger charge is -2.20. The fourth-order valence-electron chi connectivity index (χ4n) is 0.553. The van der Waals surface area contributed by atoms with Crippen molar-refractivity contribution in [3.63, 3.8) is 0 Å². The molecule has 0 saturated heterocycles. The number of nitrogens with zero attached hydrogens (tertiary/aromatic N) is 2. The smallest absolute Gasteiger partial charge is 0.161 e. The van der Waals surface area contributed by atoms with Crippen LogP contribution < -0.4 is 0 Å². The average Bonchev–Trinajstić information content (AvgIpc) is 1.89. The van der Waals surface area contributed by atoms with E-state index in [-0.39, 0.29) is 6.23 Å². The van der Waals surface area contributed by atoms with Crippen molar-refractivity contribution in [2.75, 3.05) is 7.11 Å². The maximum absolute atomic E-state index is 5.00. The molecule has 0 aliphatic carbocycles. The van der Waals surface area contributed by atoms with Crippen LogP contribution in [-0.2, 0) is 4.74 Å². The molecule has 1 rings (SSSR count). The second-order valence-corrected chi connectivity index (χ2v) is 2.40. The van der Waals surface area contributed by atoms with Crippen LogP contribution in [0.2, 0.25) is 0 Å². The summed E-state index contributed by atoms with van der Waals surface area (Å²) in [5.74, 6) is 0. The molecule has 1 unspecified atom stereocenters. The van der Waals surface area contributed by atoms with Gasteiger partial charge in [-0.25, -0.2) is 4.99 Å². The molecule has 0 bridgehead atoms. The Morgan fingerprint density at radius 2 is 2.56 bits per heavy atom. The number of halogens is 1. The second-order valence-electron chi connectivity index (χ2n) is 1.58. The molecule has 3 nitrogen and oxygen atoms in total. The first-order valence-corrected chi connectivity index (χ1v) is 3.22. The molecule has 0 aromatic carbocycles. The van der Waals surface area contributed by atoms with Gasteiger partial charge in [-0.15, -0.1) is 0 Å². The van der Waals surface area contributed by atoms with Gasteiger partial charge < -0.3 is 4.74 Å². The monoisotopic (exact) mass is 190 g/mol. The minimum absolute atomic E-state index is 0.0255. The molecule has 0 N–H and O–H groups in total. The molecular formula is C5H7BrN2O. The minimum Gasteiger partial charge on any atom is -0.357 e. The lowest BCUT2D eigenvalue weighted by molar-refractivity contribution is 0.0929. The van der Waals surface area contributed by atoms with Gasteiger partial charge in [-0.3, -0.25) is 3.93 Å². The summed E-state index contributed by atoms with van der Waals surface area (Å²) in [6, 6.07) is 0. The maximum Gasteiger partial charge on any atom is 0.161 e. The third kappa shape index (κ3) is 1.53. The number of hydrogen-bond donors (Lipinski definition) is 0. The van der Waals surface area contributed by atoms with Crippen LogP contribution in [0.3, 0.4) is 0 Å². The number of methoxy groups -OCH3 is 1. The summed E-state index contributed by atoms with van der Waals surface area (Å²) in [4.78, 5) is 3.85. The van der Waals surface area contributed by atoms with Crippen LogP contribution >= 0.6 is 16.1 Å². The predicted octanol–water partition coefficient (Wildman–Crippen LogP) is 1.13. The van der Waals surface area contributed by atoms with E-state index >= 15 is 0 Å². The van der Waals surface area contributed by atoms with E-state index in [1.165, 1.54) is 0 Å². The van der Waals surface area contributed by atoms with Crippen LogP contribution in [0, 0.1) is 0 Å². The largest absolute Gasteiger partial charge is 0.357 e. The molecule has 0 aromatic rings. The highest BCUT2D eigenvalue weighted by Crippen LogP contribution is 2.08. The van der Waals surface area contributed by atoms with Crippen LogP contribution in [0.1, 0.15) is 0 Å². The van der Waals surface area contributed by atoms with Crippen molar-refractivity contribution in [3.05, 3.63) is 12.3 Å². The van der Waals surface area contributed by atoms with E-state index in [1.54, 1.807) is 23.6 Å². The highest BCUT2D eigenvalue weighted by Gasteiger charge is 2.09. The van der Waals surface area contributed by atoms with Crippen molar-refractivity contribution >= 4 is 22.5 Å². The van der Waals surface area contributed by atoms with Gasteiger partial charge >= 0.3 is 0 Å². The Hall–Kier alpha value is -0.350. The van der Waals surface area contributed by atoms with Crippen molar-refractivity contribution in [2.24, 2.45) is 4.99 Å². The molecule has 9 heavy (non-hydrogen) atoms. The Balaban J connectivity index is 2.55. The molecule has 1 aliphatic heterocycles. The summed E-state index contributed by atoms with van der Waals surface area (Å²) < 4.78 is 6.71. The Labute approximate surface area is 62.3 Å². The first-order chi connectivity index (χ1) is 4.34. The zero-order valence-electron chi connectivity index (χ0n) is 4.99. The normalized spacial score (nSPS) is 25.1. The quantitative estimate of drug-likeness (QED) is 0.580. The summed E-state index contributed by atoms with van der Waals surface area (Å²) in [5.41, 5.74) is 0. The van der Waals surface area contributed by atoms with Crippen LogP contribution in [0.15, 0.2) is 17.3 Å². The molecule has 0 amide bonds. The van der Waals surface area contributed by atoms with Crippen LogP contribution in [-0.4, -0.2) is 23.6 Å². The molecule has 0 radical (unpaired) electrons. The number of hydrogen-bond acceptors (Lipinski definition) is 3. The molecule has 1 heterocycles. The van der Waals surface area contributed by atoms with Gasteiger partial charge in [0, 0.05) is 13.3 Å². The molecule has 0 fully saturated rings. The van der Waals surface area contributed by atoms with Crippen LogP contribution in [0.4, 0.5) is 0 Å². The van der Waals surface area contributed by atoms with Gasteiger partial charge in [-0.05, 0) is 6.08 Å². The molecule has 1 aliphatic rings. The van der Waals surface area contributed by atoms with E-state index in [0.29, 0.717) is 0 Å². The van der Waals surface area contributed by atoms with Gasteiger partial charge in [-0.2, -0.15) is 0 Å². The van der Waals surface area contributed by atoms with Crippen molar-refractivity contribution in [1.82, 2.24) is 3.93 Å². The molecule has 0 aromatic heterocycles. The van der Waals surface area contributed by atoms with Crippen LogP contribution in [0.5, 0.6) is 0 Å². The molecule has 4 heteroatoms. The standard InChI is InChI=1S/C5H7BrN2O/c1-9-5-2-3-7-4-8(5)6/h2-5H,1H3. The van der Waals surface area contributed by atoms with E-state index in [1.807, 2.05) is 6.08 Å². The van der Waals surface area contributed by atoms with Crippen molar-refractivity contribution in [1.29, 1.82) is 0 Å². The molecule has 1 atom stereocenters. The maximum atomic E-state index is 5.00. The highest BCUT2D eigenvalue weighted by atomic mass is 79.9. The van der Waals surface area contributed by atoms with Gasteiger partial charge in [0.2, 0.25) is 0 Å². The van der Waals surface area contributed by atoms with E-state index in [0.717, 1.165) is 0 Å². The number of ether oxygens (including phenoxy) is 1. The lowest BCUT2D eigenvalue weighted by atomic mass is 10.5. The Morgan fingerprint density at radius 1 is 1.78 bits per heavy atom. The van der Waals surface area contributed by atoms with E-state index in [9.17, 15) is 0 Å². The van der Waals surface area contributed by atoms with Gasteiger partial charge in [0.15, 0.2) is 6.23 Å². The summed E-state index contributed by atoms with van der Waals surface area (Å²) in [7, 11) is 1.64. The molecule has 0 saturated carbocycles. The van der Waals surface area contributed by atoms with Crippen molar-refractivity contribution in [3.8, 4) is 0 Å². The molecular weight excluding hydrogens is 184 g/mol. The average molecular weight is 191 g/mol. The topological polar surface area (TPSA) is 24.8 Å². The molecule has 0 spiro atoms. The van der Waals surface area contributed by atoms with Crippen LogP contribution in [0.25, 0.3) is 0 Å². The van der Waals surface area contributed by atoms with Gasteiger partial charge in [0.25, 0.3) is 0 Å². The minimum atomic E-state index is -0.0255. The highest BCUT2D eigenvalue weighted by molar-refractivity contribution is 9.07. The van der Waals surface area contributed by atoms with Crippen molar-refractivity contribution < 1.29 is 4.74 Å². The van der Waals surface area contributed by atoms with E-state index in [2.05, 4.69) is 21.1 Å². The summed E-state index contributed by atoms with van der Waals surface area (Å²) in [6.45, 7) is 0. The van der Waals surface area contributed by atoms with E-state index in [4.69, 9.17) is 4.74 Å². The summed E-state index contributed by atoms with van der Waals surface area (Å²) >= 11 is 3.22. The second kappa shape index (κ2) is 2.98. The third-order valence-electron chi connectivity index (χ3n) is 0.998. The van der Waals surface area contributed by atoms with Crippen molar-refractivity contribution in [2.45, 2.75) is 6.23 Å². The SMILES string of the molecule is COC1C=CN=CN1Br. The predicted molar refractivity (Wildman–Crippen MR) is 39.2 cm³/mol. The van der Waals surface area contributed by atoms with Gasteiger partial charge in [0.05, 0.1) is 16.1 Å². The zero-order chi connectivity index (χ0) is 6.69. The first-order valence-electron chi connectivity index (χ1n) is 2.51. The number of rotatable bonds is 1. The summed E-state index contributed by atoms with van der Waals surface area (Å²) in [6.07, 6.45) is 5.16. The lowest BCUT2D eigenvalue weighted by Crippen LogP contribution is -2.26. The fraction of sp³-hybridized carbons (Fsp3) is 0.400. The van der Waals surface area contributed by atoms with E-state index < -0.39 is 0 Å². The van der Waals surface area contributed by atoms with Gasteiger partial charge in [-0.1, -0.05) is 0 Å². The third-order valence-corrected chi connectivity index (χ3v) is 1.59. The molecule has 50 valence electrons. The number of aliphatic imine (C=N–C) groups is 1. The fourth-order valence-corrected chi connectivity index (χ4v) is 0.962.